The molecule has 5 rings (SSSR count). The predicted molar refractivity (Wildman–Crippen MR) is 142 cm³/mol. The molecule has 5 nitrogen and oxygen atoms in total. The van der Waals surface area contributed by atoms with Crippen LogP contribution in [0.1, 0.15) is 86.5 Å². The quantitative estimate of drug-likeness (QED) is 0.458. The van der Waals surface area contributed by atoms with E-state index < -0.39 is 6.23 Å². The summed E-state index contributed by atoms with van der Waals surface area (Å²) in [5.74, 6) is 0.755. The molecule has 7 atom stereocenters. The van der Waals surface area contributed by atoms with E-state index in [1.54, 1.807) is 6.08 Å². The summed E-state index contributed by atoms with van der Waals surface area (Å²) in [6, 6.07) is 0. The van der Waals surface area contributed by atoms with E-state index >= 15 is 0 Å². The first-order valence-electron chi connectivity index (χ1n) is 13.8. The van der Waals surface area contributed by atoms with Crippen molar-refractivity contribution in [3.8, 4) is 0 Å². The Morgan fingerprint density at radius 3 is 2.42 bits per heavy atom. The van der Waals surface area contributed by atoms with Gasteiger partial charge in [-0.2, -0.15) is 0 Å². The molecule has 0 saturated heterocycles. The lowest BCUT2D eigenvalue weighted by atomic mass is 9.34. The lowest BCUT2D eigenvalue weighted by molar-refractivity contribution is -0.174. The first-order valence-corrected chi connectivity index (χ1v) is 13.8. The molecule has 5 aliphatic rings. The van der Waals surface area contributed by atoms with E-state index in [4.69, 9.17) is 10.5 Å². The summed E-state index contributed by atoms with van der Waals surface area (Å²) in [5, 5.41) is 19.7. The van der Waals surface area contributed by atoms with Crippen LogP contribution in [0.25, 0.3) is 0 Å². The summed E-state index contributed by atoms with van der Waals surface area (Å²) in [6.07, 6.45) is 13.0. The number of nitrogens with two attached hydrogens (primary N) is 1. The highest BCUT2D eigenvalue weighted by Crippen LogP contribution is 2.75. The summed E-state index contributed by atoms with van der Waals surface area (Å²) >= 11 is 0. The number of aliphatic hydroxyl groups is 2. The number of aliphatic hydroxyl groups excluding tert-OH is 2. The largest absolute Gasteiger partial charge is 0.487 e. The molecule has 0 aromatic heterocycles. The van der Waals surface area contributed by atoms with Crippen LogP contribution in [0.15, 0.2) is 46.3 Å². The smallest absolute Gasteiger partial charge is 0.220 e. The molecule has 0 amide bonds. The number of allylic oxidation sites excluding steroid dienone is 7. The van der Waals surface area contributed by atoms with Crippen LogP contribution in [0, 0.1) is 33.0 Å². The fourth-order valence-corrected chi connectivity index (χ4v) is 9.07. The van der Waals surface area contributed by atoms with E-state index in [-0.39, 0.29) is 46.1 Å². The van der Waals surface area contributed by atoms with Gasteiger partial charge in [0.05, 0.1) is 6.61 Å². The zero-order chi connectivity index (χ0) is 26.3. The van der Waals surface area contributed by atoms with Crippen LogP contribution in [-0.4, -0.2) is 35.4 Å². The second-order valence-electron chi connectivity index (χ2n) is 13.7. The van der Waals surface area contributed by atoms with Gasteiger partial charge in [-0.3, -0.25) is 4.79 Å². The first-order chi connectivity index (χ1) is 16.8. The molecule has 0 radical (unpaired) electrons. The van der Waals surface area contributed by atoms with E-state index in [0.29, 0.717) is 11.7 Å². The Labute approximate surface area is 216 Å². The standard InChI is InChI=1S/C31H45NO4/c1-19-20-7-8-23-29(4,21(20)17-22(34)25(19)36-16-15-33)12-14-31(6)24-18-28(3,26(32)35)10-9-27(24,2)11-13-30(23,31)5/h7-8,17,24,26,33,35H,9-16,18,32H2,1-6H3/t24-,26?,27-,28-,29+,30-,31+/m1/s1. The van der Waals surface area contributed by atoms with Crippen molar-refractivity contribution in [3.05, 3.63) is 46.3 Å². The van der Waals surface area contributed by atoms with E-state index in [1.165, 1.54) is 12.0 Å². The molecule has 5 heteroatoms. The number of carbonyl (C=O) groups is 1. The van der Waals surface area contributed by atoms with E-state index in [1.807, 2.05) is 6.92 Å². The van der Waals surface area contributed by atoms with Gasteiger partial charge in [0.2, 0.25) is 5.78 Å². The van der Waals surface area contributed by atoms with Crippen LogP contribution < -0.4 is 5.73 Å². The Bertz CT molecular complexity index is 1110. The van der Waals surface area contributed by atoms with Gasteiger partial charge in [-0.1, -0.05) is 52.3 Å². The average molecular weight is 496 g/mol. The number of hydrogen-bond donors (Lipinski definition) is 3. The highest BCUT2D eigenvalue weighted by Gasteiger charge is 2.67. The number of rotatable bonds is 4. The van der Waals surface area contributed by atoms with E-state index in [0.717, 1.165) is 55.2 Å². The molecule has 198 valence electrons. The Balaban J connectivity index is 1.60. The Morgan fingerprint density at radius 1 is 1.06 bits per heavy atom. The topological polar surface area (TPSA) is 92.8 Å². The monoisotopic (exact) mass is 495 g/mol. The Kier molecular flexibility index (Phi) is 5.87. The minimum Gasteiger partial charge on any atom is -0.487 e. The molecule has 5 aliphatic carbocycles. The van der Waals surface area contributed by atoms with Crippen LogP contribution in [-0.2, 0) is 9.53 Å². The van der Waals surface area contributed by atoms with Crippen LogP contribution in [0.4, 0.5) is 0 Å². The number of ketones is 1. The normalized spacial score (nSPS) is 44.9. The zero-order valence-electron chi connectivity index (χ0n) is 23.0. The molecule has 3 fully saturated rings. The first kappa shape index (κ1) is 25.9. The summed E-state index contributed by atoms with van der Waals surface area (Å²) in [5.41, 5.74) is 10.6. The fraction of sp³-hybridized carbons (Fsp3) is 0.710. The third-order valence-corrected chi connectivity index (χ3v) is 11.9. The molecule has 0 bridgehead atoms. The minimum atomic E-state index is -0.789. The highest BCUT2D eigenvalue weighted by atomic mass is 16.5. The maximum atomic E-state index is 13.1. The van der Waals surface area contributed by atoms with Crippen molar-refractivity contribution < 1.29 is 19.7 Å². The van der Waals surface area contributed by atoms with Crippen molar-refractivity contribution in [1.29, 1.82) is 0 Å². The maximum absolute atomic E-state index is 13.1. The molecule has 36 heavy (non-hydrogen) atoms. The van der Waals surface area contributed by atoms with Gasteiger partial charge in [0.1, 0.15) is 12.8 Å². The molecule has 0 aromatic carbocycles. The van der Waals surface area contributed by atoms with Gasteiger partial charge >= 0.3 is 0 Å². The third kappa shape index (κ3) is 3.28. The van der Waals surface area contributed by atoms with Crippen LogP contribution >= 0.6 is 0 Å². The summed E-state index contributed by atoms with van der Waals surface area (Å²) < 4.78 is 5.65. The number of hydrogen-bond acceptors (Lipinski definition) is 5. The molecule has 0 aliphatic heterocycles. The highest BCUT2D eigenvalue weighted by molar-refractivity contribution is 6.07. The number of ether oxygens (including phenoxy) is 1. The van der Waals surface area contributed by atoms with Crippen molar-refractivity contribution in [2.75, 3.05) is 13.2 Å². The van der Waals surface area contributed by atoms with Gasteiger partial charge in [-0.15, -0.1) is 0 Å². The van der Waals surface area contributed by atoms with Gasteiger partial charge < -0.3 is 20.7 Å². The Morgan fingerprint density at radius 2 is 1.75 bits per heavy atom. The van der Waals surface area contributed by atoms with Gasteiger partial charge in [-0.25, -0.2) is 0 Å². The second-order valence-corrected chi connectivity index (χ2v) is 13.7. The van der Waals surface area contributed by atoms with Crippen molar-refractivity contribution in [2.45, 2.75) is 92.7 Å². The number of fused-ring (bicyclic) bond motifs is 7. The predicted octanol–water partition coefficient (Wildman–Crippen LogP) is 5.34. The fourth-order valence-electron chi connectivity index (χ4n) is 9.07. The second kappa shape index (κ2) is 8.15. The summed E-state index contributed by atoms with van der Waals surface area (Å²) in [7, 11) is 0. The third-order valence-electron chi connectivity index (χ3n) is 11.9. The van der Waals surface area contributed by atoms with Crippen LogP contribution in [0.3, 0.4) is 0 Å². The van der Waals surface area contributed by atoms with Crippen molar-refractivity contribution in [3.63, 3.8) is 0 Å². The van der Waals surface area contributed by atoms with E-state index in [2.05, 4.69) is 46.8 Å². The molecule has 4 N–H and O–H groups in total. The van der Waals surface area contributed by atoms with Crippen molar-refractivity contribution in [2.24, 2.45) is 38.7 Å². The molecular weight excluding hydrogens is 450 g/mol. The lowest BCUT2D eigenvalue weighted by Crippen LogP contribution is -2.62. The molecule has 1 unspecified atom stereocenters. The lowest BCUT2D eigenvalue weighted by Gasteiger charge is -2.70. The molecule has 0 spiro atoms. The van der Waals surface area contributed by atoms with Gasteiger partial charge in [0.15, 0.2) is 5.76 Å². The average Bonchev–Trinajstić information content (AvgIpc) is 2.82. The summed E-state index contributed by atoms with van der Waals surface area (Å²) in [6.45, 7) is 14.0. The minimum absolute atomic E-state index is 0.000814. The molecule has 0 aromatic rings. The van der Waals surface area contributed by atoms with Crippen LogP contribution in [0.2, 0.25) is 0 Å². The van der Waals surface area contributed by atoms with Gasteiger partial charge in [0.25, 0.3) is 0 Å². The van der Waals surface area contributed by atoms with Crippen molar-refractivity contribution >= 4 is 5.78 Å². The zero-order valence-corrected chi connectivity index (χ0v) is 23.0. The van der Waals surface area contributed by atoms with Crippen molar-refractivity contribution in [1.82, 2.24) is 0 Å². The summed E-state index contributed by atoms with van der Waals surface area (Å²) in [4.78, 5) is 13.1. The van der Waals surface area contributed by atoms with E-state index in [9.17, 15) is 15.0 Å². The van der Waals surface area contributed by atoms with Gasteiger partial charge in [0, 0.05) is 16.4 Å². The molecule has 3 saturated carbocycles. The van der Waals surface area contributed by atoms with Crippen LogP contribution in [0.5, 0.6) is 0 Å². The number of carbonyl (C=O) groups excluding carboxylic acids is 1. The van der Waals surface area contributed by atoms with Gasteiger partial charge in [-0.05, 0) is 91.3 Å². The molecular formula is C31H45NO4. The Hall–Kier alpha value is -1.69. The molecule has 0 heterocycles. The SMILES string of the molecule is CC1=C(OCCO)C(=O)C=C2C1=CC=C1[C@@]2(C)CC[C@@]2(C)[C@@H]3C[C@](C)(C(N)O)CC[C@]3(C)CC[C@]12C. The maximum Gasteiger partial charge on any atom is 0.220 e.